The van der Waals surface area contributed by atoms with E-state index >= 15 is 0 Å². The molecule has 98 valence electrons. The van der Waals surface area contributed by atoms with Crippen LogP contribution in [0.1, 0.15) is 29.2 Å². The normalized spacial score (nSPS) is 17.2. The summed E-state index contributed by atoms with van der Waals surface area (Å²) in [4.78, 5) is 0. The van der Waals surface area contributed by atoms with Gasteiger partial charge in [-0.15, -0.1) is 0 Å². The van der Waals surface area contributed by atoms with Crippen LogP contribution in [0, 0.1) is 6.92 Å². The van der Waals surface area contributed by atoms with Crippen molar-refractivity contribution < 1.29 is 5.11 Å². The zero-order valence-electron chi connectivity index (χ0n) is 11.0. The molecule has 4 N–H and O–H groups in total. The van der Waals surface area contributed by atoms with Crippen molar-refractivity contribution in [3.05, 3.63) is 53.1 Å². The maximum absolute atomic E-state index is 9.45. The lowest BCUT2D eigenvalue weighted by atomic mass is 10.1. The van der Waals surface area contributed by atoms with E-state index in [4.69, 9.17) is 5.73 Å². The fraction of sp³-hybridized carbons (Fsp3) is 0.250. The molecule has 0 radical (unpaired) electrons. The van der Waals surface area contributed by atoms with Crippen LogP contribution in [0.25, 0.3) is 0 Å². The predicted octanol–water partition coefficient (Wildman–Crippen LogP) is 3.38. The van der Waals surface area contributed by atoms with Crippen molar-refractivity contribution in [1.29, 1.82) is 0 Å². The molecule has 2 aromatic rings. The molecule has 1 aliphatic carbocycles. The second-order valence-corrected chi connectivity index (χ2v) is 5.19. The number of nitrogens with two attached hydrogens (primary N) is 1. The Balaban J connectivity index is 1.86. The Bertz CT molecular complexity index is 622. The number of fused-ring (bicyclic) bond motifs is 1. The molecule has 3 nitrogen and oxygen atoms in total. The highest BCUT2D eigenvalue weighted by Crippen LogP contribution is 2.35. The lowest BCUT2D eigenvalue weighted by molar-refractivity contribution is 0.475. The number of aromatic hydroxyl groups is 1. The van der Waals surface area contributed by atoms with Crippen LogP contribution in [-0.2, 0) is 6.42 Å². The molecule has 0 saturated heterocycles. The van der Waals surface area contributed by atoms with E-state index in [0.717, 1.165) is 29.8 Å². The van der Waals surface area contributed by atoms with Gasteiger partial charge in [0.1, 0.15) is 5.75 Å². The number of nitrogens with one attached hydrogen (secondary N) is 1. The first-order valence-corrected chi connectivity index (χ1v) is 6.58. The van der Waals surface area contributed by atoms with Gasteiger partial charge in [-0.2, -0.15) is 0 Å². The number of benzene rings is 2. The lowest BCUT2D eigenvalue weighted by Crippen LogP contribution is -2.08. The van der Waals surface area contributed by atoms with Crippen LogP contribution < -0.4 is 11.1 Å². The van der Waals surface area contributed by atoms with Crippen molar-refractivity contribution in [3.63, 3.8) is 0 Å². The Morgan fingerprint density at radius 3 is 2.84 bits per heavy atom. The van der Waals surface area contributed by atoms with E-state index in [2.05, 4.69) is 17.4 Å². The summed E-state index contributed by atoms with van der Waals surface area (Å²) in [6.07, 6.45) is 2.15. The van der Waals surface area contributed by atoms with Crippen molar-refractivity contribution >= 4 is 11.4 Å². The first-order chi connectivity index (χ1) is 9.13. The predicted molar refractivity (Wildman–Crippen MR) is 78.4 cm³/mol. The van der Waals surface area contributed by atoms with Crippen molar-refractivity contribution in [2.75, 3.05) is 11.1 Å². The molecule has 19 heavy (non-hydrogen) atoms. The molecule has 1 aliphatic rings. The van der Waals surface area contributed by atoms with E-state index in [0.29, 0.717) is 11.8 Å². The number of phenolic OH excluding ortho intramolecular Hbond substituents is 1. The van der Waals surface area contributed by atoms with Gasteiger partial charge in [-0.3, -0.25) is 0 Å². The van der Waals surface area contributed by atoms with Crippen molar-refractivity contribution in [1.82, 2.24) is 0 Å². The van der Waals surface area contributed by atoms with Crippen LogP contribution in [0.2, 0.25) is 0 Å². The third-order valence-corrected chi connectivity index (χ3v) is 3.78. The Kier molecular flexibility index (Phi) is 2.82. The highest BCUT2D eigenvalue weighted by molar-refractivity contribution is 5.57. The largest absolute Gasteiger partial charge is 0.508 e. The monoisotopic (exact) mass is 254 g/mol. The fourth-order valence-corrected chi connectivity index (χ4v) is 2.78. The van der Waals surface area contributed by atoms with Gasteiger partial charge in [0, 0.05) is 11.4 Å². The highest BCUT2D eigenvalue weighted by Gasteiger charge is 2.22. The van der Waals surface area contributed by atoms with Gasteiger partial charge in [-0.1, -0.05) is 6.07 Å². The quantitative estimate of drug-likeness (QED) is 0.569. The first kappa shape index (κ1) is 11.9. The fourth-order valence-electron chi connectivity index (χ4n) is 2.78. The molecule has 2 aromatic carbocycles. The summed E-state index contributed by atoms with van der Waals surface area (Å²) >= 11 is 0. The molecular formula is C16H18N2O. The second kappa shape index (κ2) is 4.50. The van der Waals surface area contributed by atoms with E-state index < -0.39 is 0 Å². The van der Waals surface area contributed by atoms with Crippen LogP contribution in [0.3, 0.4) is 0 Å². The maximum atomic E-state index is 9.45. The highest BCUT2D eigenvalue weighted by atomic mass is 16.3. The van der Waals surface area contributed by atoms with E-state index in [-0.39, 0.29) is 0 Å². The van der Waals surface area contributed by atoms with Gasteiger partial charge in [0.25, 0.3) is 0 Å². The molecule has 0 fully saturated rings. The van der Waals surface area contributed by atoms with Crippen molar-refractivity contribution in [2.24, 2.45) is 0 Å². The number of phenols is 1. The van der Waals surface area contributed by atoms with Crippen molar-refractivity contribution in [3.8, 4) is 5.75 Å². The van der Waals surface area contributed by atoms with Crippen molar-refractivity contribution in [2.45, 2.75) is 25.8 Å². The summed E-state index contributed by atoms with van der Waals surface area (Å²) in [5, 5.41) is 13.0. The number of hydrogen-bond donors (Lipinski definition) is 3. The molecule has 0 spiro atoms. The molecule has 0 amide bonds. The summed E-state index contributed by atoms with van der Waals surface area (Å²) in [7, 11) is 0. The molecule has 0 heterocycles. The topological polar surface area (TPSA) is 58.3 Å². The van der Waals surface area contributed by atoms with Gasteiger partial charge >= 0.3 is 0 Å². The average molecular weight is 254 g/mol. The molecule has 0 aliphatic heterocycles. The van der Waals surface area contributed by atoms with E-state index in [1.807, 2.05) is 19.1 Å². The molecule has 1 atom stereocenters. The standard InChI is InChI=1S/C16H18N2O/c1-10-8-13(19)4-7-15(10)18-16-6-2-11-9-12(17)3-5-14(11)16/h3-5,7-9,16,18-19H,2,6,17H2,1H3. The summed E-state index contributed by atoms with van der Waals surface area (Å²) in [6.45, 7) is 2.00. The first-order valence-electron chi connectivity index (χ1n) is 6.58. The van der Waals surface area contributed by atoms with Crippen LogP contribution in [0.15, 0.2) is 36.4 Å². The number of rotatable bonds is 2. The Morgan fingerprint density at radius 2 is 2.05 bits per heavy atom. The molecule has 1 unspecified atom stereocenters. The summed E-state index contributed by atoms with van der Waals surface area (Å²) < 4.78 is 0. The maximum Gasteiger partial charge on any atom is 0.115 e. The lowest BCUT2D eigenvalue weighted by Gasteiger charge is -2.17. The summed E-state index contributed by atoms with van der Waals surface area (Å²) in [6, 6.07) is 11.9. The van der Waals surface area contributed by atoms with Gasteiger partial charge < -0.3 is 16.2 Å². The van der Waals surface area contributed by atoms with E-state index in [1.54, 1.807) is 12.1 Å². The third kappa shape index (κ3) is 2.24. The smallest absolute Gasteiger partial charge is 0.115 e. The van der Waals surface area contributed by atoms with Gasteiger partial charge in [0.05, 0.1) is 6.04 Å². The van der Waals surface area contributed by atoms with Gasteiger partial charge in [-0.05, 0) is 66.8 Å². The number of anilines is 2. The second-order valence-electron chi connectivity index (χ2n) is 5.19. The molecule has 0 saturated carbocycles. The minimum absolute atomic E-state index is 0.308. The SMILES string of the molecule is Cc1cc(O)ccc1NC1CCc2cc(N)ccc21. The minimum Gasteiger partial charge on any atom is -0.508 e. The van der Waals surface area contributed by atoms with E-state index in [9.17, 15) is 5.11 Å². The number of aryl methyl sites for hydroxylation is 2. The zero-order valence-corrected chi connectivity index (χ0v) is 11.0. The van der Waals surface area contributed by atoms with E-state index in [1.165, 1.54) is 11.1 Å². The Morgan fingerprint density at radius 1 is 1.21 bits per heavy atom. The Labute approximate surface area is 113 Å². The molecule has 0 aromatic heterocycles. The molecule has 3 rings (SSSR count). The van der Waals surface area contributed by atoms with Crippen LogP contribution >= 0.6 is 0 Å². The Hall–Kier alpha value is -2.16. The average Bonchev–Trinajstić information content (AvgIpc) is 2.75. The third-order valence-electron chi connectivity index (χ3n) is 3.78. The summed E-state index contributed by atoms with van der Waals surface area (Å²) in [5.41, 5.74) is 11.5. The van der Waals surface area contributed by atoms with Crippen LogP contribution in [0.5, 0.6) is 5.75 Å². The van der Waals surface area contributed by atoms with Gasteiger partial charge in [-0.25, -0.2) is 0 Å². The molecule has 3 heteroatoms. The number of nitrogen functional groups attached to an aromatic ring is 1. The molecule has 0 bridgehead atoms. The van der Waals surface area contributed by atoms with Gasteiger partial charge in [0.2, 0.25) is 0 Å². The van der Waals surface area contributed by atoms with Crippen LogP contribution in [-0.4, -0.2) is 5.11 Å². The van der Waals surface area contributed by atoms with Crippen LogP contribution in [0.4, 0.5) is 11.4 Å². The zero-order chi connectivity index (χ0) is 13.4. The minimum atomic E-state index is 0.308. The number of hydrogen-bond acceptors (Lipinski definition) is 3. The molecular weight excluding hydrogens is 236 g/mol. The van der Waals surface area contributed by atoms with Gasteiger partial charge in [0.15, 0.2) is 0 Å². The summed E-state index contributed by atoms with van der Waals surface area (Å²) in [5.74, 6) is 0.308.